The van der Waals surface area contributed by atoms with Gasteiger partial charge in [-0.3, -0.25) is 9.48 Å². The van der Waals surface area contributed by atoms with Gasteiger partial charge in [-0.05, 0) is 39.2 Å². The van der Waals surface area contributed by atoms with Crippen molar-refractivity contribution in [3.63, 3.8) is 0 Å². The molecule has 2 aliphatic rings. The van der Waals surface area contributed by atoms with Gasteiger partial charge in [-0.15, -0.1) is 0 Å². The van der Waals surface area contributed by atoms with Gasteiger partial charge in [0, 0.05) is 12.2 Å². The maximum Gasteiger partial charge on any atom is 0.227 e. The van der Waals surface area contributed by atoms with Gasteiger partial charge in [0.15, 0.2) is 9.84 Å². The molecule has 1 aromatic rings. The number of carbonyl (C=O) groups is 1. The Morgan fingerprint density at radius 3 is 2.73 bits per heavy atom. The molecule has 122 valence electrons. The predicted molar refractivity (Wildman–Crippen MR) is 83.2 cm³/mol. The molecule has 0 radical (unpaired) electrons. The second-order valence-electron chi connectivity index (χ2n) is 6.54. The van der Waals surface area contributed by atoms with Gasteiger partial charge in [0.2, 0.25) is 5.91 Å². The van der Waals surface area contributed by atoms with Crippen molar-refractivity contribution in [2.75, 3.05) is 18.1 Å². The van der Waals surface area contributed by atoms with E-state index in [-0.39, 0.29) is 29.4 Å². The molecule has 2 saturated heterocycles. The van der Waals surface area contributed by atoms with Crippen molar-refractivity contribution in [1.29, 1.82) is 0 Å². The number of aryl methyl sites for hydroxylation is 2. The summed E-state index contributed by atoms with van der Waals surface area (Å²) in [5, 5.41) is 4.47. The zero-order valence-corrected chi connectivity index (χ0v) is 14.0. The topological polar surface area (TPSA) is 72.3 Å². The van der Waals surface area contributed by atoms with Crippen LogP contribution in [0.5, 0.6) is 0 Å². The van der Waals surface area contributed by atoms with E-state index in [9.17, 15) is 13.2 Å². The Kier molecular flexibility index (Phi) is 4.01. The summed E-state index contributed by atoms with van der Waals surface area (Å²) in [5.74, 6) is -0.148. The third-order valence-corrected chi connectivity index (χ3v) is 6.50. The summed E-state index contributed by atoms with van der Waals surface area (Å²) in [6, 6.07) is 2.17. The third kappa shape index (κ3) is 3.04. The largest absolute Gasteiger partial charge is 0.338 e. The van der Waals surface area contributed by atoms with Crippen LogP contribution in [0.2, 0.25) is 0 Å². The van der Waals surface area contributed by atoms with Crippen LogP contribution < -0.4 is 0 Å². The molecular weight excluding hydrogens is 302 g/mol. The van der Waals surface area contributed by atoms with Crippen molar-refractivity contribution >= 4 is 15.7 Å². The number of hydrogen-bond donors (Lipinski definition) is 0. The number of rotatable bonds is 3. The molecule has 0 spiro atoms. The molecular formula is C15H23N3O3S. The quantitative estimate of drug-likeness (QED) is 0.828. The summed E-state index contributed by atoms with van der Waals surface area (Å²) in [7, 11) is -3.01. The lowest BCUT2D eigenvalue weighted by Crippen LogP contribution is -2.42. The maximum atomic E-state index is 12.7. The Hall–Kier alpha value is -1.37. The molecule has 0 aromatic carbocycles. The van der Waals surface area contributed by atoms with Crippen LogP contribution in [0.1, 0.15) is 30.7 Å². The van der Waals surface area contributed by atoms with Gasteiger partial charge in [-0.25, -0.2) is 8.42 Å². The van der Waals surface area contributed by atoms with Crippen molar-refractivity contribution in [2.45, 2.75) is 45.7 Å². The first-order valence-electron chi connectivity index (χ1n) is 7.88. The minimum absolute atomic E-state index is 0.0186. The van der Waals surface area contributed by atoms with Gasteiger partial charge < -0.3 is 4.90 Å². The van der Waals surface area contributed by atoms with Crippen LogP contribution in [0, 0.1) is 19.8 Å². The van der Waals surface area contributed by atoms with E-state index >= 15 is 0 Å². The molecule has 0 unspecified atom stereocenters. The number of sulfone groups is 1. The third-order valence-electron chi connectivity index (χ3n) is 4.73. The Morgan fingerprint density at radius 1 is 1.36 bits per heavy atom. The van der Waals surface area contributed by atoms with E-state index in [0.717, 1.165) is 30.8 Å². The molecule has 1 aromatic heterocycles. The highest BCUT2D eigenvalue weighted by molar-refractivity contribution is 7.91. The summed E-state index contributed by atoms with van der Waals surface area (Å²) < 4.78 is 25.1. The number of amides is 1. The minimum Gasteiger partial charge on any atom is -0.338 e. The number of aromatic nitrogens is 2. The first-order valence-corrected chi connectivity index (χ1v) is 9.70. The van der Waals surface area contributed by atoms with Gasteiger partial charge in [-0.2, -0.15) is 5.10 Å². The summed E-state index contributed by atoms with van der Waals surface area (Å²) >= 11 is 0. The highest BCUT2D eigenvalue weighted by atomic mass is 32.2. The Bertz CT molecular complexity index is 680. The fourth-order valence-electron chi connectivity index (χ4n) is 3.60. The molecule has 7 heteroatoms. The highest BCUT2D eigenvalue weighted by Crippen LogP contribution is 2.26. The zero-order valence-electron chi connectivity index (χ0n) is 13.2. The van der Waals surface area contributed by atoms with E-state index in [4.69, 9.17) is 0 Å². The fourth-order valence-corrected chi connectivity index (χ4v) is 5.33. The SMILES string of the molecule is Cc1cc(C)n(C[C@@H]2CCCN2C(=O)[C@@H]2CCS(=O)(=O)C2)n1. The Morgan fingerprint density at radius 2 is 2.14 bits per heavy atom. The first kappa shape index (κ1) is 15.5. The van der Waals surface area contributed by atoms with Gasteiger partial charge in [-0.1, -0.05) is 0 Å². The molecule has 2 fully saturated rings. The predicted octanol–water partition coefficient (Wildman–Crippen LogP) is 0.926. The van der Waals surface area contributed by atoms with Crippen molar-refractivity contribution in [3.8, 4) is 0 Å². The second-order valence-corrected chi connectivity index (χ2v) is 8.77. The van der Waals surface area contributed by atoms with E-state index in [1.54, 1.807) is 0 Å². The van der Waals surface area contributed by atoms with Crippen LogP contribution in [0.4, 0.5) is 0 Å². The van der Waals surface area contributed by atoms with E-state index in [1.807, 2.05) is 29.5 Å². The molecule has 0 aliphatic carbocycles. The van der Waals surface area contributed by atoms with Gasteiger partial charge in [0.25, 0.3) is 0 Å². The fraction of sp³-hybridized carbons (Fsp3) is 0.733. The van der Waals surface area contributed by atoms with E-state index in [2.05, 4.69) is 5.10 Å². The number of nitrogens with zero attached hydrogens (tertiary/aromatic N) is 3. The van der Waals surface area contributed by atoms with Gasteiger partial charge in [0.1, 0.15) is 0 Å². The lowest BCUT2D eigenvalue weighted by molar-refractivity contribution is -0.135. The van der Waals surface area contributed by atoms with Crippen LogP contribution in [0.25, 0.3) is 0 Å². The van der Waals surface area contributed by atoms with Crippen LogP contribution in [-0.2, 0) is 21.2 Å². The van der Waals surface area contributed by atoms with Gasteiger partial charge in [0.05, 0.1) is 35.7 Å². The molecule has 3 rings (SSSR count). The zero-order chi connectivity index (χ0) is 15.9. The summed E-state index contributed by atoms with van der Waals surface area (Å²) in [5.41, 5.74) is 2.08. The monoisotopic (exact) mass is 325 g/mol. The number of carbonyl (C=O) groups excluding carboxylic acids is 1. The van der Waals surface area contributed by atoms with E-state index < -0.39 is 9.84 Å². The van der Waals surface area contributed by atoms with Crippen molar-refractivity contribution in [3.05, 3.63) is 17.5 Å². The molecule has 0 bridgehead atoms. The molecule has 2 atom stereocenters. The van der Waals surface area contributed by atoms with E-state index in [1.165, 1.54) is 0 Å². The lowest BCUT2D eigenvalue weighted by atomic mass is 10.1. The normalized spacial score (nSPS) is 27.5. The summed E-state index contributed by atoms with van der Waals surface area (Å²) in [4.78, 5) is 14.5. The number of likely N-dealkylation sites (tertiary alicyclic amines) is 1. The smallest absolute Gasteiger partial charge is 0.227 e. The van der Waals surface area contributed by atoms with Crippen molar-refractivity contribution < 1.29 is 13.2 Å². The first-order chi connectivity index (χ1) is 10.4. The molecule has 1 amide bonds. The standard InChI is InChI=1S/C15H23N3O3S/c1-11-8-12(2)18(16-11)9-14-4-3-6-17(14)15(19)13-5-7-22(20,21)10-13/h8,13-14H,3-7,9-10H2,1-2H3/t13-,14+/m1/s1. The second kappa shape index (κ2) is 5.68. The lowest BCUT2D eigenvalue weighted by Gasteiger charge is -2.27. The van der Waals surface area contributed by atoms with Crippen molar-refractivity contribution in [1.82, 2.24) is 14.7 Å². The van der Waals surface area contributed by atoms with E-state index in [0.29, 0.717) is 13.0 Å². The van der Waals surface area contributed by atoms with Crippen LogP contribution in [0.15, 0.2) is 6.07 Å². The van der Waals surface area contributed by atoms with Gasteiger partial charge >= 0.3 is 0 Å². The average Bonchev–Trinajstić information content (AvgIpc) is 3.10. The molecule has 6 nitrogen and oxygen atoms in total. The van der Waals surface area contributed by atoms with Crippen molar-refractivity contribution in [2.24, 2.45) is 5.92 Å². The highest BCUT2D eigenvalue weighted by Gasteiger charge is 2.39. The van der Waals surface area contributed by atoms with Crippen LogP contribution in [-0.4, -0.2) is 53.1 Å². The molecule has 0 saturated carbocycles. The minimum atomic E-state index is -3.01. The number of hydrogen-bond acceptors (Lipinski definition) is 4. The summed E-state index contributed by atoms with van der Waals surface area (Å²) in [6.07, 6.45) is 2.42. The molecule has 2 aliphatic heterocycles. The maximum absolute atomic E-state index is 12.7. The molecule has 22 heavy (non-hydrogen) atoms. The molecule has 3 heterocycles. The Labute approximate surface area is 131 Å². The Balaban J connectivity index is 1.70. The summed E-state index contributed by atoms with van der Waals surface area (Å²) in [6.45, 7) is 5.42. The molecule has 0 N–H and O–H groups in total. The average molecular weight is 325 g/mol. The van der Waals surface area contributed by atoms with Crippen LogP contribution >= 0.6 is 0 Å². The van der Waals surface area contributed by atoms with Crippen LogP contribution in [0.3, 0.4) is 0 Å².